The Bertz CT molecular complexity index is 425. The van der Waals surface area contributed by atoms with Gasteiger partial charge in [-0.3, -0.25) is 0 Å². The maximum Gasteiger partial charge on any atom is 0.331 e. The van der Waals surface area contributed by atoms with Crippen LogP contribution in [0.5, 0.6) is 5.75 Å². The van der Waals surface area contributed by atoms with Crippen LogP contribution < -0.4 is 4.74 Å². The van der Waals surface area contributed by atoms with Crippen LogP contribution >= 0.6 is 0 Å². The number of aliphatic hydroxyl groups excluding tert-OH is 1. The number of cyclic esters (lactones) is 1. The number of rotatable bonds is 3. The molecule has 0 saturated heterocycles. The number of carbonyl (C=O) groups excluding carboxylic acids is 1. The summed E-state index contributed by atoms with van der Waals surface area (Å²) in [5.41, 5.74) is 0.656. The molecule has 1 heterocycles. The molecule has 1 aliphatic heterocycles. The van der Waals surface area contributed by atoms with Crippen LogP contribution in [0.15, 0.2) is 36.4 Å². The number of ether oxygens (including phenoxy) is 2. The molecule has 1 aromatic rings. The molecule has 0 fully saturated rings. The Labute approximate surface area is 93.1 Å². The van der Waals surface area contributed by atoms with Gasteiger partial charge in [0.15, 0.2) is 6.10 Å². The lowest BCUT2D eigenvalue weighted by Crippen LogP contribution is -2.18. The molecule has 0 bridgehead atoms. The fraction of sp³-hybridized carbons (Fsp3) is 0.250. The molecule has 1 aliphatic rings. The number of benzene rings is 1. The Morgan fingerprint density at radius 1 is 1.50 bits per heavy atom. The number of carbonyl (C=O) groups is 1. The normalized spacial score (nSPS) is 20.6. The van der Waals surface area contributed by atoms with Gasteiger partial charge < -0.3 is 14.6 Å². The fourth-order valence-corrected chi connectivity index (χ4v) is 1.57. The summed E-state index contributed by atoms with van der Waals surface area (Å²) in [6, 6.07) is 7.03. The topological polar surface area (TPSA) is 55.8 Å². The van der Waals surface area contributed by atoms with Crippen LogP contribution in [-0.4, -0.2) is 24.3 Å². The van der Waals surface area contributed by atoms with Gasteiger partial charge >= 0.3 is 5.97 Å². The summed E-state index contributed by atoms with van der Waals surface area (Å²) in [5, 5.41) is 9.97. The number of hydrogen-bond acceptors (Lipinski definition) is 4. The van der Waals surface area contributed by atoms with Crippen molar-refractivity contribution in [3.63, 3.8) is 0 Å². The second-order valence-corrected chi connectivity index (χ2v) is 3.48. The molecule has 0 radical (unpaired) electrons. The minimum atomic E-state index is -0.863. The monoisotopic (exact) mass is 220 g/mol. The highest BCUT2D eigenvalue weighted by atomic mass is 16.6. The first kappa shape index (κ1) is 10.7. The van der Waals surface area contributed by atoms with E-state index in [1.807, 2.05) is 0 Å². The number of methoxy groups -OCH3 is 1. The van der Waals surface area contributed by atoms with Gasteiger partial charge in [-0.1, -0.05) is 12.1 Å². The zero-order chi connectivity index (χ0) is 11.5. The summed E-state index contributed by atoms with van der Waals surface area (Å²) in [7, 11) is 1.56. The first-order valence-electron chi connectivity index (χ1n) is 4.91. The van der Waals surface area contributed by atoms with Crippen LogP contribution in [0.1, 0.15) is 11.7 Å². The van der Waals surface area contributed by atoms with Gasteiger partial charge in [-0.15, -0.1) is 0 Å². The standard InChI is InChI=1S/C12H12O4/c1-15-9-4-2-3-8(7-9)12(14)10-5-6-11(13)16-10/h2-7,10,12,14H,1H3/t10-,12+/m0/s1. The molecular weight excluding hydrogens is 208 g/mol. The lowest BCUT2D eigenvalue weighted by Gasteiger charge is -2.17. The van der Waals surface area contributed by atoms with Gasteiger partial charge in [0.05, 0.1) is 7.11 Å². The van der Waals surface area contributed by atoms with E-state index in [0.29, 0.717) is 11.3 Å². The number of hydrogen-bond donors (Lipinski definition) is 1. The summed E-state index contributed by atoms with van der Waals surface area (Å²) >= 11 is 0. The summed E-state index contributed by atoms with van der Waals surface area (Å²) in [4.78, 5) is 10.9. The third-order valence-corrected chi connectivity index (χ3v) is 2.42. The lowest BCUT2D eigenvalue weighted by atomic mass is 10.0. The molecule has 4 nitrogen and oxygen atoms in total. The Morgan fingerprint density at radius 2 is 2.31 bits per heavy atom. The molecule has 0 aromatic heterocycles. The average Bonchev–Trinajstić information content (AvgIpc) is 2.75. The predicted molar refractivity (Wildman–Crippen MR) is 57.0 cm³/mol. The van der Waals surface area contributed by atoms with Crippen molar-refractivity contribution >= 4 is 5.97 Å². The van der Waals surface area contributed by atoms with Crippen LogP contribution in [0.2, 0.25) is 0 Å². The molecular formula is C12H12O4. The average molecular weight is 220 g/mol. The van der Waals surface area contributed by atoms with E-state index in [1.54, 1.807) is 37.5 Å². The maximum atomic E-state index is 10.9. The van der Waals surface area contributed by atoms with E-state index in [4.69, 9.17) is 9.47 Å². The smallest absolute Gasteiger partial charge is 0.331 e. The fourth-order valence-electron chi connectivity index (χ4n) is 1.57. The Morgan fingerprint density at radius 3 is 2.94 bits per heavy atom. The second-order valence-electron chi connectivity index (χ2n) is 3.48. The van der Waals surface area contributed by atoms with Gasteiger partial charge in [-0.05, 0) is 23.8 Å². The molecule has 2 rings (SSSR count). The first-order valence-corrected chi connectivity index (χ1v) is 4.91. The van der Waals surface area contributed by atoms with Crippen molar-refractivity contribution in [2.75, 3.05) is 7.11 Å². The minimum Gasteiger partial charge on any atom is -0.497 e. The molecule has 0 aliphatic carbocycles. The van der Waals surface area contributed by atoms with E-state index in [-0.39, 0.29) is 0 Å². The van der Waals surface area contributed by atoms with Crippen LogP contribution in [0.3, 0.4) is 0 Å². The SMILES string of the molecule is COc1cccc([C@@H](O)[C@@H]2C=CC(=O)O2)c1. The highest BCUT2D eigenvalue weighted by molar-refractivity contribution is 5.84. The molecule has 84 valence electrons. The van der Waals surface area contributed by atoms with E-state index < -0.39 is 18.2 Å². The van der Waals surface area contributed by atoms with E-state index >= 15 is 0 Å². The molecule has 4 heteroatoms. The summed E-state index contributed by atoms with van der Waals surface area (Å²) in [6.45, 7) is 0. The number of aliphatic hydroxyl groups is 1. The quantitative estimate of drug-likeness (QED) is 0.778. The minimum absolute atomic E-state index is 0.424. The van der Waals surface area contributed by atoms with E-state index in [1.165, 1.54) is 6.08 Å². The van der Waals surface area contributed by atoms with Gasteiger partial charge in [0, 0.05) is 6.08 Å². The van der Waals surface area contributed by atoms with Crippen molar-refractivity contribution in [2.45, 2.75) is 12.2 Å². The highest BCUT2D eigenvalue weighted by Crippen LogP contribution is 2.25. The zero-order valence-electron chi connectivity index (χ0n) is 8.79. The Hall–Kier alpha value is -1.81. The molecule has 16 heavy (non-hydrogen) atoms. The van der Waals surface area contributed by atoms with Gasteiger partial charge in [-0.25, -0.2) is 4.79 Å². The van der Waals surface area contributed by atoms with Crippen molar-refractivity contribution in [1.29, 1.82) is 0 Å². The lowest BCUT2D eigenvalue weighted by molar-refractivity contribution is -0.142. The van der Waals surface area contributed by atoms with E-state index in [0.717, 1.165) is 0 Å². The van der Waals surface area contributed by atoms with Crippen molar-refractivity contribution in [2.24, 2.45) is 0 Å². The van der Waals surface area contributed by atoms with Crippen LogP contribution in [0, 0.1) is 0 Å². The summed E-state index contributed by atoms with van der Waals surface area (Å²) in [6.07, 6.45) is 1.39. The highest BCUT2D eigenvalue weighted by Gasteiger charge is 2.26. The van der Waals surface area contributed by atoms with Crippen LogP contribution in [-0.2, 0) is 9.53 Å². The summed E-state index contributed by atoms with van der Waals surface area (Å²) in [5.74, 6) is 0.233. The third kappa shape index (κ3) is 2.06. The number of esters is 1. The van der Waals surface area contributed by atoms with Crippen LogP contribution in [0.4, 0.5) is 0 Å². The van der Waals surface area contributed by atoms with Crippen molar-refractivity contribution in [3.05, 3.63) is 42.0 Å². The van der Waals surface area contributed by atoms with Crippen molar-refractivity contribution < 1.29 is 19.4 Å². The van der Waals surface area contributed by atoms with Gasteiger partial charge in [0.25, 0.3) is 0 Å². The largest absolute Gasteiger partial charge is 0.497 e. The van der Waals surface area contributed by atoms with Crippen molar-refractivity contribution in [1.82, 2.24) is 0 Å². The molecule has 0 amide bonds. The summed E-state index contributed by atoms with van der Waals surface area (Å²) < 4.78 is 9.96. The molecule has 2 atom stereocenters. The van der Waals surface area contributed by atoms with Crippen molar-refractivity contribution in [3.8, 4) is 5.75 Å². The van der Waals surface area contributed by atoms with Gasteiger partial charge in [-0.2, -0.15) is 0 Å². The third-order valence-electron chi connectivity index (χ3n) is 2.42. The Balaban J connectivity index is 2.17. The zero-order valence-corrected chi connectivity index (χ0v) is 8.79. The molecule has 0 unspecified atom stereocenters. The molecule has 0 spiro atoms. The maximum absolute atomic E-state index is 10.9. The Kier molecular flexibility index (Phi) is 2.92. The van der Waals surface area contributed by atoms with E-state index in [2.05, 4.69) is 0 Å². The molecule has 0 saturated carbocycles. The van der Waals surface area contributed by atoms with E-state index in [9.17, 15) is 9.90 Å². The van der Waals surface area contributed by atoms with Gasteiger partial charge in [0.2, 0.25) is 0 Å². The second kappa shape index (κ2) is 4.37. The molecule has 1 aromatic carbocycles. The molecule has 1 N–H and O–H groups in total. The van der Waals surface area contributed by atoms with Crippen LogP contribution in [0.25, 0.3) is 0 Å². The van der Waals surface area contributed by atoms with Gasteiger partial charge in [0.1, 0.15) is 11.9 Å². The first-order chi connectivity index (χ1) is 7.70. The predicted octanol–water partition coefficient (Wildman–Crippen LogP) is 1.21.